The van der Waals surface area contributed by atoms with Crippen molar-refractivity contribution in [1.82, 2.24) is 4.57 Å². The number of ether oxygens (including phenoxy) is 2. The fourth-order valence-corrected chi connectivity index (χ4v) is 4.21. The van der Waals surface area contributed by atoms with Crippen molar-refractivity contribution >= 4 is 28.4 Å². The highest BCUT2D eigenvalue weighted by molar-refractivity contribution is 7.99. The van der Waals surface area contributed by atoms with Crippen LogP contribution in [0.2, 0.25) is 0 Å². The van der Waals surface area contributed by atoms with Gasteiger partial charge < -0.3 is 14.6 Å². The van der Waals surface area contributed by atoms with Crippen molar-refractivity contribution in [2.45, 2.75) is 9.79 Å². The second-order valence-corrected chi connectivity index (χ2v) is 7.80. The quantitative estimate of drug-likeness (QED) is 0.524. The Morgan fingerprint density at radius 2 is 1.62 bits per heavy atom. The Labute approximate surface area is 171 Å². The number of aromatic hydroxyl groups is 1. The van der Waals surface area contributed by atoms with Crippen molar-refractivity contribution in [2.24, 2.45) is 0 Å². The van der Waals surface area contributed by atoms with Gasteiger partial charge in [0, 0.05) is 22.9 Å². The lowest BCUT2D eigenvalue weighted by molar-refractivity contribution is 0.0960. The molecule has 29 heavy (non-hydrogen) atoms. The molecule has 2 heterocycles. The van der Waals surface area contributed by atoms with E-state index < -0.39 is 0 Å². The van der Waals surface area contributed by atoms with Gasteiger partial charge in [-0.1, -0.05) is 36.0 Å². The molecule has 4 aromatic rings. The first-order valence-electron chi connectivity index (χ1n) is 9.19. The van der Waals surface area contributed by atoms with Gasteiger partial charge in [-0.05, 0) is 47.2 Å². The van der Waals surface area contributed by atoms with E-state index >= 15 is 0 Å². The topological polar surface area (TPSA) is 60.7 Å². The molecule has 1 N–H and O–H groups in total. The van der Waals surface area contributed by atoms with Crippen LogP contribution in [0, 0.1) is 0 Å². The van der Waals surface area contributed by atoms with Gasteiger partial charge in [-0.3, -0.25) is 9.36 Å². The van der Waals surface area contributed by atoms with Gasteiger partial charge in [0.15, 0.2) is 11.5 Å². The van der Waals surface area contributed by atoms with Gasteiger partial charge in [0.1, 0.15) is 19.0 Å². The standard InChI is InChI=1S/C23H17NO4S/c25-19-7-5-15(23(26)24-13-16-3-1-2-4-17(16)14-24)11-22(19)29-18-6-8-20-21(12-18)28-10-9-27-20/h1-8,11-14,25H,9-10H2. The summed E-state index contributed by atoms with van der Waals surface area (Å²) in [6.45, 7) is 1.06. The van der Waals surface area contributed by atoms with E-state index in [1.165, 1.54) is 11.8 Å². The minimum Gasteiger partial charge on any atom is -0.507 e. The number of phenolic OH excluding ortho intramolecular Hbond substituents is 1. The fraction of sp³-hybridized carbons (Fsp3) is 0.0870. The molecule has 0 bridgehead atoms. The van der Waals surface area contributed by atoms with Gasteiger partial charge in [0.05, 0.1) is 4.90 Å². The summed E-state index contributed by atoms with van der Waals surface area (Å²) >= 11 is 1.37. The molecular formula is C23H17NO4S. The Bertz CT molecular complexity index is 1200. The number of benzene rings is 3. The predicted octanol–water partition coefficient (Wildman–Crippen LogP) is 4.96. The Hall–Kier alpha value is -3.38. The highest BCUT2D eigenvalue weighted by Gasteiger charge is 2.15. The lowest BCUT2D eigenvalue weighted by Crippen LogP contribution is -2.15. The largest absolute Gasteiger partial charge is 0.507 e. The Kier molecular flexibility index (Phi) is 4.41. The molecule has 0 radical (unpaired) electrons. The summed E-state index contributed by atoms with van der Waals surface area (Å²) in [5.41, 5.74) is 0.503. The summed E-state index contributed by atoms with van der Waals surface area (Å²) in [5, 5.41) is 12.3. The highest BCUT2D eigenvalue weighted by atomic mass is 32.2. The molecule has 5 nitrogen and oxygen atoms in total. The zero-order valence-corrected chi connectivity index (χ0v) is 16.2. The highest BCUT2D eigenvalue weighted by Crippen LogP contribution is 2.40. The zero-order chi connectivity index (χ0) is 19.8. The predicted molar refractivity (Wildman–Crippen MR) is 111 cm³/mol. The Morgan fingerprint density at radius 1 is 0.897 bits per heavy atom. The molecule has 1 aliphatic rings. The molecule has 0 saturated heterocycles. The number of hydrogen-bond acceptors (Lipinski definition) is 5. The molecule has 1 aromatic heterocycles. The Balaban J connectivity index is 1.44. The molecule has 1 aliphatic heterocycles. The minimum atomic E-state index is -0.148. The van der Waals surface area contributed by atoms with E-state index in [-0.39, 0.29) is 11.7 Å². The maximum Gasteiger partial charge on any atom is 0.261 e. The zero-order valence-electron chi connectivity index (χ0n) is 15.4. The van der Waals surface area contributed by atoms with Crippen LogP contribution in [0.1, 0.15) is 10.4 Å². The van der Waals surface area contributed by atoms with E-state index in [1.807, 2.05) is 54.9 Å². The number of rotatable bonds is 3. The van der Waals surface area contributed by atoms with Crippen LogP contribution < -0.4 is 9.47 Å². The first kappa shape index (κ1) is 17.7. The van der Waals surface area contributed by atoms with E-state index in [2.05, 4.69) is 0 Å². The summed E-state index contributed by atoms with van der Waals surface area (Å²) in [6, 6.07) is 18.4. The van der Waals surface area contributed by atoms with Gasteiger partial charge in [-0.15, -0.1) is 0 Å². The van der Waals surface area contributed by atoms with Crippen LogP contribution in [-0.2, 0) is 0 Å². The van der Waals surface area contributed by atoms with Crippen LogP contribution in [0.15, 0.2) is 82.8 Å². The SMILES string of the molecule is O=C(c1ccc(O)c(Sc2ccc3c(c2)OCCO3)c1)n1cc2ccccc2c1. The summed E-state index contributed by atoms with van der Waals surface area (Å²) in [5.74, 6) is 1.38. The number of fused-ring (bicyclic) bond motifs is 2. The molecule has 144 valence electrons. The van der Waals surface area contributed by atoms with Crippen molar-refractivity contribution in [3.63, 3.8) is 0 Å². The summed E-state index contributed by atoms with van der Waals surface area (Å²) in [4.78, 5) is 14.4. The van der Waals surface area contributed by atoms with Crippen LogP contribution in [0.4, 0.5) is 0 Å². The van der Waals surface area contributed by atoms with Crippen LogP contribution >= 0.6 is 11.8 Å². The van der Waals surface area contributed by atoms with E-state index in [1.54, 1.807) is 22.8 Å². The van der Waals surface area contributed by atoms with Crippen molar-refractivity contribution in [3.8, 4) is 17.2 Å². The number of carbonyl (C=O) groups excluding carboxylic acids is 1. The smallest absolute Gasteiger partial charge is 0.261 e. The molecule has 0 fully saturated rings. The average molecular weight is 403 g/mol. The average Bonchev–Trinajstić information content (AvgIpc) is 3.19. The van der Waals surface area contributed by atoms with Gasteiger partial charge in [0.2, 0.25) is 0 Å². The fourth-order valence-electron chi connectivity index (χ4n) is 3.29. The summed E-state index contributed by atoms with van der Waals surface area (Å²) in [7, 11) is 0. The molecule has 0 spiro atoms. The lowest BCUT2D eigenvalue weighted by atomic mass is 10.2. The summed E-state index contributed by atoms with van der Waals surface area (Å²) < 4.78 is 12.7. The molecule has 0 aliphatic carbocycles. The molecule has 5 rings (SSSR count). The molecule has 3 aromatic carbocycles. The molecule has 0 unspecified atom stereocenters. The maximum atomic E-state index is 13.0. The molecule has 0 atom stereocenters. The van der Waals surface area contributed by atoms with Crippen molar-refractivity contribution in [2.75, 3.05) is 13.2 Å². The normalized spacial score (nSPS) is 12.8. The van der Waals surface area contributed by atoms with Crippen molar-refractivity contribution < 1.29 is 19.4 Å². The van der Waals surface area contributed by atoms with E-state index in [0.29, 0.717) is 35.2 Å². The third-order valence-electron chi connectivity index (χ3n) is 4.74. The van der Waals surface area contributed by atoms with E-state index in [9.17, 15) is 9.90 Å². The number of carbonyl (C=O) groups is 1. The molecule has 0 saturated carbocycles. The van der Waals surface area contributed by atoms with Crippen LogP contribution in [0.3, 0.4) is 0 Å². The maximum absolute atomic E-state index is 13.0. The second-order valence-electron chi connectivity index (χ2n) is 6.69. The van der Waals surface area contributed by atoms with Crippen molar-refractivity contribution in [3.05, 3.63) is 78.6 Å². The first-order chi connectivity index (χ1) is 14.2. The third-order valence-corrected chi connectivity index (χ3v) is 5.77. The Morgan fingerprint density at radius 3 is 2.38 bits per heavy atom. The molecule has 0 amide bonds. The minimum absolute atomic E-state index is 0.124. The number of nitrogens with zero attached hydrogens (tertiary/aromatic N) is 1. The van der Waals surface area contributed by atoms with Gasteiger partial charge in [-0.2, -0.15) is 0 Å². The van der Waals surface area contributed by atoms with E-state index in [0.717, 1.165) is 15.7 Å². The van der Waals surface area contributed by atoms with Gasteiger partial charge >= 0.3 is 0 Å². The second kappa shape index (κ2) is 7.22. The van der Waals surface area contributed by atoms with Crippen molar-refractivity contribution in [1.29, 1.82) is 0 Å². The van der Waals surface area contributed by atoms with Crippen LogP contribution in [-0.4, -0.2) is 28.8 Å². The lowest BCUT2D eigenvalue weighted by Gasteiger charge is -2.18. The van der Waals surface area contributed by atoms with Gasteiger partial charge in [0.25, 0.3) is 5.91 Å². The number of phenols is 1. The van der Waals surface area contributed by atoms with Crippen LogP contribution in [0.5, 0.6) is 17.2 Å². The molecular weight excluding hydrogens is 386 g/mol. The molecule has 6 heteroatoms. The number of aromatic nitrogens is 1. The van der Waals surface area contributed by atoms with Gasteiger partial charge in [-0.25, -0.2) is 0 Å². The number of hydrogen-bond donors (Lipinski definition) is 1. The monoisotopic (exact) mass is 403 g/mol. The first-order valence-corrected chi connectivity index (χ1v) is 10.0. The van der Waals surface area contributed by atoms with Crippen LogP contribution in [0.25, 0.3) is 10.8 Å². The summed E-state index contributed by atoms with van der Waals surface area (Å²) in [6.07, 6.45) is 3.64. The van der Waals surface area contributed by atoms with E-state index in [4.69, 9.17) is 9.47 Å². The third kappa shape index (κ3) is 3.43.